The number of anilines is 1. The lowest BCUT2D eigenvalue weighted by Crippen LogP contribution is -2.09. The number of halogens is 1. The summed E-state index contributed by atoms with van der Waals surface area (Å²) in [5.41, 5.74) is 1.38. The van der Waals surface area contributed by atoms with Crippen molar-refractivity contribution in [2.24, 2.45) is 5.92 Å². The van der Waals surface area contributed by atoms with Crippen LogP contribution in [0.1, 0.15) is 13.8 Å². The van der Waals surface area contributed by atoms with Crippen molar-refractivity contribution in [2.75, 3.05) is 11.9 Å². The van der Waals surface area contributed by atoms with Crippen LogP contribution in [0.3, 0.4) is 0 Å². The average Bonchev–Trinajstić information content (AvgIpc) is 2.61. The Hall–Kier alpha value is -1.29. The Morgan fingerprint density at radius 2 is 2.27 bits per heavy atom. The van der Waals surface area contributed by atoms with Gasteiger partial charge in [0.25, 0.3) is 0 Å². The zero-order valence-corrected chi connectivity index (χ0v) is 9.38. The summed E-state index contributed by atoms with van der Waals surface area (Å²) >= 11 is 5.79. The normalized spacial score (nSPS) is 11.2. The number of nitrogens with zero attached hydrogens (tertiary/aromatic N) is 2. The lowest BCUT2D eigenvalue weighted by Gasteiger charge is -2.07. The summed E-state index contributed by atoms with van der Waals surface area (Å²) in [5.74, 6) is 1.19. The van der Waals surface area contributed by atoms with E-state index in [-0.39, 0.29) is 5.28 Å². The Labute approximate surface area is 92.7 Å². The van der Waals surface area contributed by atoms with E-state index in [4.69, 9.17) is 16.0 Å². The van der Waals surface area contributed by atoms with Crippen LogP contribution >= 0.6 is 11.6 Å². The summed E-state index contributed by atoms with van der Waals surface area (Å²) in [7, 11) is 0. The monoisotopic (exact) mass is 225 g/mol. The molecule has 0 bridgehead atoms. The molecule has 0 radical (unpaired) electrons. The van der Waals surface area contributed by atoms with Crippen LogP contribution in [0.5, 0.6) is 0 Å². The van der Waals surface area contributed by atoms with Gasteiger partial charge in [-0.3, -0.25) is 0 Å². The molecule has 5 heteroatoms. The third kappa shape index (κ3) is 2.21. The third-order valence-electron chi connectivity index (χ3n) is 1.95. The first-order valence-electron chi connectivity index (χ1n) is 4.81. The minimum atomic E-state index is 0.232. The fourth-order valence-electron chi connectivity index (χ4n) is 1.26. The van der Waals surface area contributed by atoms with Crippen molar-refractivity contribution < 1.29 is 4.42 Å². The van der Waals surface area contributed by atoms with Crippen molar-refractivity contribution >= 4 is 28.5 Å². The van der Waals surface area contributed by atoms with Gasteiger partial charge in [-0.25, -0.2) is 4.98 Å². The molecule has 0 aliphatic carbocycles. The highest BCUT2D eigenvalue weighted by molar-refractivity contribution is 6.28. The van der Waals surface area contributed by atoms with E-state index >= 15 is 0 Å². The van der Waals surface area contributed by atoms with E-state index in [1.807, 2.05) is 0 Å². The van der Waals surface area contributed by atoms with Gasteiger partial charge in [0.05, 0.1) is 6.26 Å². The van der Waals surface area contributed by atoms with Gasteiger partial charge < -0.3 is 9.73 Å². The highest BCUT2D eigenvalue weighted by atomic mass is 35.5. The van der Waals surface area contributed by atoms with E-state index in [1.165, 1.54) is 0 Å². The molecule has 15 heavy (non-hydrogen) atoms. The molecular weight excluding hydrogens is 214 g/mol. The lowest BCUT2D eigenvalue weighted by atomic mass is 10.2. The predicted octanol–water partition coefficient (Wildman–Crippen LogP) is 2.94. The molecule has 2 rings (SSSR count). The number of aromatic nitrogens is 2. The summed E-state index contributed by atoms with van der Waals surface area (Å²) < 4.78 is 5.29. The zero-order valence-electron chi connectivity index (χ0n) is 8.62. The molecule has 0 spiro atoms. The van der Waals surface area contributed by atoms with Crippen LogP contribution in [-0.4, -0.2) is 16.5 Å². The number of nitrogens with one attached hydrogen (secondary N) is 1. The number of fused-ring (bicyclic) bond motifs is 1. The first-order chi connectivity index (χ1) is 7.16. The van der Waals surface area contributed by atoms with Gasteiger partial charge in [-0.15, -0.1) is 0 Å². The maximum Gasteiger partial charge on any atom is 0.225 e. The summed E-state index contributed by atoms with van der Waals surface area (Å²) in [6.45, 7) is 5.06. The Kier molecular flexibility index (Phi) is 2.77. The summed E-state index contributed by atoms with van der Waals surface area (Å²) in [6, 6.07) is 1.77. The second kappa shape index (κ2) is 4.06. The van der Waals surface area contributed by atoms with Crippen molar-refractivity contribution in [3.63, 3.8) is 0 Å². The second-order valence-electron chi connectivity index (χ2n) is 3.75. The Balaban J connectivity index is 2.35. The van der Waals surface area contributed by atoms with E-state index < -0.39 is 0 Å². The average molecular weight is 226 g/mol. The molecule has 4 nitrogen and oxygen atoms in total. The van der Waals surface area contributed by atoms with Gasteiger partial charge >= 0.3 is 0 Å². The van der Waals surface area contributed by atoms with E-state index in [0.717, 1.165) is 12.1 Å². The minimum Gasteiger partial charge on any atom is -0.459 e. The molecule has 2 heterocycles. The topological polar surface area (TPSA) is 51.0 Å². The van der Waals surface area contributed by atoms with Gasteiger partial charge in [-0.2, -0.15) is 4.98 Å². The zero-order chi connectivity index (χ0) is 10.8. The molecule has 0 aliphatic rings. The standard InChI is InChI=1S/C10H12ClN3O/c1-6(2)5-12-9-8-7(3-4-15-8)13-10(11)14-9/h3-4,6H,5H2,1-2H3,(H,12,13,14). The van der Waals surface area contributed by atoms with Crippen LogP contribution in [0.15, 0.2) is 16.7 Å². The van der Waals surface area contributed by atoms with Crippen molar-refractivity contribution in [3.8, 4) is 0 Å². The van der Waals surface area contributed by atoms with Crippen molar-refractivity contribution in [3.05, 3.63) is 17.6 Å². The molecule has 0 amide bonds. The molecule has 0 atom stereocenters. The maximum absolute atomic E-state index is 5.79. The van der Waals surface area contributed by atoms with Crippen LogP contribution in [-0.2, 0) is 0 Å². The molecule has 2 aromatic heterocycles. The first-order valence-corrected chi connectivity index (χ1v) is 5.19. The van der Waals surface area contributed by atoms with E-state index in [2.05, 4.69) is 29.1 Å². The van der Waals surface area contributed by atoms with Gasteiger partial charge in [-0.1, -0.05) is 13.8 Å². The van der Waals surface area contributed by atoms with Crippen LogP contribution in [0.25, 0.3) is 11.1 Å². The largest absolute Gasteiger partial charge is 0.459 e. The molecule has 1 N–H and O–H groups in total. The van der Waals surface area contributed by atoms with Crippen molar-refractivity contribution in [1.29, 1.82) is 0 Å². The Bertz CT molecular complexity index is 467. The lowest BCUT2D eigenvalue weighted by molar-refractivity contribution is 0.612. The van der Waals surface area contributed by atoms with Crippen molar-refractivity contribution in [2.45, 2.75) is 13.8 Å². The molecule has 0 fully saturated rings. The summed E-state index contributed by atoms with van der Waals surface area (Å²) in [4.78, 5) is 8.14. The molecule has 2 aromatic rings. The molecular formula is C10H12ClN3O. The Morgan fingerprint density at radius 3 is 3.00 bits per heavy atom. The van der Waals surface area contributed by atoms with Crippen LogP contribution < -0.4 is 5.32 Å². The van der Waals surface area contributed by atoms with Crippen LogP contribution in [0.2, 0.25) is 5.28 Å². The number of rotatable bonds is 3. The van der Waals surface area contributed by atoms with Gasteiger partial charge in [0, 0.05) is 12.6 Å². The fraction of sp³-hybridized carbons (Fsp3) is 0.400. The molecule has 0 aromatic carbocycles. The van der Waals surface area contributed by atoms with Gasteiger partial charge in [0.1, 0.15) is 5.52 Å². The SMILES string of the molecule is CC(C)CNc1nc(Cl)nc2ccoc12. The summed E-state index contributed by atoms with van der Waals surface area (Å²) in [5, 5.41) is 3.42. The smallest absolute Gasteiger partial charge is 0.225 e. The highest BCUT2D eigenvalue weighted by Crippen LogP contribution is 2.22. The molecule has 0 unspecified atom stereocenters. The van der Waals surface area contributed by atoms with Gasteiger partial charge in [-0.05, 0) is 17.5 Å². The maximum atomic E-state index is 5.79. The van der Waals surface area contributed by atoms with E-state index in [1.54, 1.807) is 12.3 Å². The van der Waals surface area contributed by atoms with Gasteiger partial charge in [0.15, 0.2) is 11.4 Å². The third-order valence-corrected chi connectivity index (χ3v) is 2.12. The fourth-order valence-corrected chi connectivity index (χ4v) is 1.43. The quantitative estimate of drug-likeness (QED) is 0.816. The predicted molar refractivity (Wildman–Crippen MR) is 60.1 cm³/mol. The molecule has 0 saturated heterocycles. The Morgan fingerprint density at radius 1 is 1.47 bits per heavy atom. The second-order valence-corrected chi connectivity index (χ2v) is 4.09. The first kappa shape index (κ1) is 10.2. The minimum absolute atomic E-state index is 0.232. The highest BCUT2D eigenvalue weighted by Gasteiger charge is 2.09. The number of hydrogen-bond acceptors (Lipinski definition) is 4. The van der Waals surface area contributed by atoms with Crippen molar-refractivity contribution in [1.82, 2.24) is 9.97 Å². The van der Waals surface area contributed by atoms with E-state index in [0.29, 0.717) is 17.3 Å². The molecule has 80 valence electrons. The van der Waals surface area contributed by atoms with Gasteiger partial charge in [0.2, 0.25) is 5.28 Å². The summed E-state index contributed by atoms with van der Waals surface area (Å²) in [6.07, 6.45) is 1.58. The number of hydrogen-bond donors (Lipinski definition) is 1. The van der Waals surface area contributed by atoms with E-state index in [9.17, 15) is 0 Å². The van der Waals surface area contributed by atoms with Crippen LogP contribution in [0, 0.1) is 5.92 Å². The number of furan rings is 1. The van der Waals surface area contributed by atoms with Crippen LogP contribution in [0.4, 0.5) is 5.82 Å². The molecule has 0 saturated carbocycles. The molecule has 0 aliphatic heterocycles.